The number of amides is 1. The van der Waals surface area contributed by atoms with Crippen molar-refractivity contribution in [2.75, 3.05) is 5.32 Å². The van der Waals surface area contributed by atoms with E-state index in [9.17, 15) is 9.59 Å². The molecule has 0 saturated heterocycles. The molecule has 9 heteroatoms. The summed E-state index contributed by atoms with van der Waals surface area (Å²) in [7, 11) is 0. The van der Waals surface area contributed by atoms with Crippen LogP contribution in [0.3, 0.4) is 0 Å². The summed E-state index contributed by atoms with van der Waals surface area (Å²) in [6.45, 7) is 4.96. The first kappa shape index (κ1) is 17.7. The number of ether oxygens (including phenoxy) is 1. The Morgan fingerprint density at radius 2 is 2.04 bits per heavy atom. The predicted octanol–water partition coefficient (Wildman–Crippen LogP) is 3.65. The van der Waals surface area contributed by atoms with Crippen molar-refractivity contribution < 1.29 is 14.3 Å². The van der Waals surface area contributed by atoms with Crippen LogP contribution in [0.1, 0.15) is 27.3 Å². The van der Waals surface area contributed by atoms with E-state index in [4.69, 9.17) is 27.9 Å². The van der Waals surface area contributed by atoms with Gasteiger partial charge in [-0.1, -0.05) is 23.2 Å². The number of hydrogen-bond donors (Lipinski definition) is 1. The lowest BCUT2D eigenvalue weighted by atomic mass is 10.3. The molecule has 0 spiro atoms. The third-order valence-electron chi connectivity index (χ3n) is 2.79. The highest BCUT2D eigenvalue weighted by Crippen LogP contribution is 2.23. The summed E-state index contributed by atoms with van der Waals surface area (Å²) >= 11 is 12.9. The summed E-state index contributed by atoms with van der Waals surface area (Å²) in [5, 5.41) is 3.78. The number of esters is 1. The number of aryl methyl sites for hydroxylation is 2. The number of pyridine rings is 1. The molecule has 0 fully saturated rings. The zero-order valence-corrected chi connectivity index (χ0v) is 14.8. The fraction of sp³-hybridized carbons (Fsp3) is 0.286. The van der Waals surface area contributed by atoms with Crippen LogP contribution in [0.4, 0.5) is 5.82 Å². The van der Waals surface area contributed by atoms with Gasteiger partial charge < -0.3 is 10.1 Å². The van der Waals surface area contributed by atoms with Gasteiger partial charge in [0.2, 0.25) is 0 Å². The number of halogens is 2. The van der Waals surface area contributed by atoms with Crippen LogP contribution in [0.15, 0.2) is 12.3 Å². The summed E-state index contributed by atoms with van der Waals surface area (Å²) in [5.74, 6) is -0.992. The number of carbonyl (C=O) groups excluding carboxylic acids is 2. The van der Waals surface area contributed by atoms with Crippen LogP contribution < -0.4 is 5.32 Å². The standard InChI is InChI=1S/C14H13Cl2N3O3S/c1-6-11(23-8(3)18-6)14(21)22-7(2)13(20)19-12-10(16)4-9(15)5-17-12/h4-5,7H,1-3H3,(H,17,19,20). The highest BCUT2D eigenvalue weighted by atomic mass is 35.5. The lowest BCUT2D eigenvalue weighted by molar-refractivity contribution is -0.123. The van der Waals surface area contributed by atoms with Gasteiger partial charge in [-0.25, -0.2) is 14.8 Å². The number of hydrogen-bond acceptors (Lipinski definition) is 6. The molecule has 1 unspecified atom stereocenters. The minimum atomic E-state index is -1.02. The van der Waals surface area contributed by atoms with Crippen LogP contribution in [0.5, 0.6) is 0 Å². The zero-order valence-electron chi connectivity index (χ0n) is 12.5. The molecule has 0 radical (unpaired) electrons. The molecule has 0 bridgehead atoms. The van der Waals surface area contributed by atoms with Crippen molar-refractivity contribution in [1.29, 1.82) is 0 Å². The van der Waals surface area contributed by atoms with E-state index in [2.05, 4.69) is 15.3 Å². The Morgan fingerprint density at radius 3 is 2.61 bits per heavy atom. The average Bonchev–Trinajstić information content (AvgIpc) is 2.80. The maximum atomic E-state index is 12.1. The number of anilines is 1. The highest BCUT2D eigenvalue weighted by molar-refractivity contribution is 7.13. The molecule has 0 aliphatic rings. The van der Waals surface area contributed by atoms with Gasteiger partial charge >= 0.3 is 5.97 Å². The van der Waals surface area contributed by atoms with Gasteiger partial charge in [0.25, 0.3) is 5.91 Å². The lowest BCUT2D eigenvalue weighted by Crippen LogP contribution is -2.30. The van der Waals surface area contributed by atoms with Crippen LogP contribution in [-0.4, -0.2) is 27.9 Å². The van der Waals surface area contributed by atoms with E-state index in [-0.39, 0.29) is 10.8 Å². The molecule has 2 aromatic heterocycles. The Balaban J connectivity index is 2.02. The van der Waals surface area contributed by atoms with Crippen molar-refractivity contribution in [3.05, 3.63) is 37.9 Å². The van der Waals surface area contributed by atoms with Crippen molar-refractivity contribution >= 4 is 52.2 Å². The zero-order chi connectivity index (χ0) is 17.1. The second-order valence-corrected chi connectivity index (χ2v) is 6.72. The molecule has 23 heavy (non-hydrogen) atoms. The molecule has 1 amide bonds. The van der Waals surface area contributed by atoms with Gasteiger partial charge in [-0.2, -0.15) is 0 Å². The maximum absolute atomic E-state index is 12.1. The summed E-state index contributed by atoms with van der Waals surface area (Å²) in [6, 6.07) is 1.45. The monoisotopic (exact) mass is 373 g/mol. The molecule has 2 heterocycles. The highest BCUT2D eigenvalue weighted by Gasteiger charge is 2.23. The van der Waals surface area contributed by atoms with Crippen molar-refractivity contribution in [2.45, 2.75) is 26.9 Å². The van der Waals surface area contributed by atoms with E-state index in [0.29, 0.717) is 15.6 Å². The molecule has 0 saturated carbocycles. The topological polar surface area (TPSA) is 81.2 Å². The van der Waals surface area contributed by atoms with E-state index < -0.39 is 18.0 Å². The summed E-state index contributed by atoms with van der Waals surface area (Å²) < 4.78 is 5.15. The van der Waals surface area contributed by atoms with Crippen molar-refractivity contribution in [3.63, 3.8) is 0 Å². The molecule has 2 aromatic rings. The minimum Gasteiger partial charge on any atom is -0.448 e. The quantitative estimate of drug-likeness (QED) is 0.827. The molecule has 2 rings (SSSR count). The molecular formula is C14H13Cl2N3O3S. The third kappa shape index (κ3) is 4.40. The first-order valence-electron chi connectivity index (χ1n) is 6.55. The van der Waals surface area contributed by atoms with Gasteiger partial charge in [0.1, 0.15) is 4.88 Å². The van der Waals surface area contributed by atoms with Crippen LogP contribution >= 0.6 is 34.5 Å². The molecular weight excluding hydrogens is 361 g/mol. The molecule has 1 atom stereocenters. The first-order chi connectivity index (χ1) is 10.8. The van der Waals surface area contributed by atoms with Gasteiger partial charge in [-0.3, -0.25) is 4.79 Å². The van der Waals surface area contributed by atoms with Gasteiger partial charge in [-0.15, -0.1) is 11.3 Å². The van der Waals surface area contributed by atoms with Crippen LogP contribution in [0.2, 0.25) is 10.0 Å². The summed E-state index contributed by atoms with van der Waals surface area (Å²) in [6.07, 6.45) is 0.334. The summed E-state index contributed by atoms with van der Waals surface area (Å²) in [4.78, 5) is 32.6. The van der Waals surface area contributed by atoms with Gasteiger partial charge in [0.05, 0.1) is 20.7 Å². The Bertz CT molecular complexity index is 764. The summed E-state index contributed by atoms with van der Waals surface area (Å²) in [5.41, 5.74) is 0.576. The normalized spacial score (nSPS) is 11.9. The predicted molar refractivity (Wildman–Crippen MR) is 89.4 cm³/mol. The number of thiazole rings is 1. The van der Waals surface area contributed by atoms with E-state index >= 15 is 0 Å². The Labute approximate surface area is 146 Å². The van der Waals surface area contributed by atoms with Crippen LogP contribution in [0.25, 0.3) is 0 Å². The van der Waals surface area contributed by atoms with Crippen molar-refractivity contribution in [2.24, 2.45) is 0 Å². The van der Waals surface area contributed by atoms with Crippen molar-refractivity contribution in [3.8, 4) is 0 Å². The number of carbonyl (C=O) groups is 2. The second-order valence-electron chi connectivity index (χ2n) is 4.67. The smallest absolute Gasteiger partial charge is 0.351 e. The van der Waals surface area contributed by atoms with E-state index in [1.54, 1.807) is 13.8 Å². The third-order valence-corrected chi connectivity index (χ3v) is 4.34. The molecule has 0 aromatic carbocycles. The van der Waals surface area contributed by atoms with Crippen LogP contribution in [0, 0.1) is 13.8 Å². The fourth-order valence-electron chi connectivity index (χ4n) is 1.71. The number of nitrogens with zero attached hydrogens (tertiary/aromatic N) is 2. The molecule has 122 valence electrons. The maximum Gasteiger partial charge on any atom is 0.351 e. The molecule has 0 aliphatic heterocycles. The van der Waals surface area contributed by atoms with E-state index in [1.807, 2.05) is 0 Å². The fourth-order valence-corrected chi connectivity index (χ4v) is 2.94. The van der Waals surface area contributed by atoms with E-state index in [0.717, 1.165) is 5.01 Å². The van der Waals surface area contributed by atoms with Crippen LogP contribution in [-0.2, 0) is 9.53 Å². The average molecular weight is 374 g/mol. The SMILES string of the molecule is Cc1nc(C)c(C(=O)OC(C)C(=O)Nc2ncc(Cl)cc2Cl)s1. The lowest BCUT2D eigenvalue weighted by Gasteiger charge is -2.13. The van der Waals surface area contributed by atoms with Gasteiger partial charge in [0.15, 0.2) is 11.9 Å². The Hall–Kier alpha value is -1.70. The van der Waals surface area contributed by atoms with Gasteiger partial charge in [0, 0.05) is 6.20 Å². The first-order valence-corrected chi connectivity index (χ1v) is 8.12. The molecule has 1 N–H and O–H groups in total. The minimum absolute atomic E-state index is 0.147. The number of aromatic nitrogens is 2. The molecule has 6 nitrogen and oxygen atoms in total. The number of rotatable bonds is 4. The molecule has 0 aliphatic carbocycles. The second kappa shape index (κ2) is 7.25. The number of nitrogens with one attached hydrogen (secondary N) is 1. The Morgan fingerprint density at radius 1 is 1.35 bits per heavy atom. The largest absolute Gasteiger partial charge is 0.448 e. The van der Waals surface area contributed by atoms with Gasteiger partial charge in [-0.05, 0) is 26.8 Å². The van der Waals surface area contributed by atoms with Crippen molar-refractivity contribution in [1.82, 2.24) is 9.97 Å². The van der Waals surface area contributed by atoms with E-state index in [1.165, 1.54) is 30.5 Å². The Kier molecular flexibility index (Phi) is 5.56.